The van der Waals surface area contributed by atoms with Gasteiger partial charge in [-0.15, -0.1) is 11.3 Å². The van der Waals surface area contributed by atoms with E-state index in [1.165, 1.54) is 23.5 Å². The lowest BCUT2D eigenvalue weighted by Crippen LogP contribution is -2.29. The number of aryl methyl sites for hydroxylation is 1. The van der Waals surface area contributed by atoms with Crippen molar-refractivity contribution < 1.29 is 14.3 Å². The molecule has 0 bridgehead atoms. The summed E-state index contributed by atoms with van der Waals surface area (Å²) in [6, 6.07) is 7.74. The zero-order valence-electron chi connectivity index (χ0n) is 11.1. The van der Waals surface area contributed by atoms with E-state index in [4.69, 9.17) is 0 Å². The average molecular weight is 293 g/mol. The zero-order valence-corrected chi connectivity index (χ0v) is 11.9. The van der Waals surface area contributed by atoms with E-state index in [0.717, 1.165) is 16.0 Å². The fraction of sp³-hybridized carbons (Fsp3) is 0.267. The third kappa shape index (κ3) is 3.88. The van der Waals surface area contributed by atoms with Gasteiger partial charge < -0.3 is 10.4 Å². The molecule has 106 valence electrons. The van der Waals surface area contributed by atoms with Crippen molar-refractivity contribution in [2.75, 3.05) is 6.54 Å². The fourth-order valence-corrected chi connectivity index (χ4v) is 2.79. The maximum absolute atomic E-state index is 12.7. The van der Waals surface area contributed by atoms with Crippen LogP contribution in [0.2, 0.25) is 0 Å². The van der Waals surface area contributed by atoms with Crippen LogP contribution in [-0.2, 0) is 11.2 Å². The quantitative estimate of drug-likeness (QED) is 0.890. The SMILES string of the molecule is Cc1ccsc1C(O)CNC(=O)Cc1ccc(F)cc1. The number of halogens is 1. The smallest absolute Gasteiger partial charge is 0.224 e. The van der Waals surface area contributed by atoms with Gasteiger partial charge in [-0.3, -0.25) is 4.79 Å². The molecule has 0 radical (unpaired) electrons. The summed E-state index contributed by atoms with van der Waals surface area (Å²) < 4.78 is 12.7. The van der Waals surface area contributed by atoms with E-state index in [-0.39, 0.29) is 24.7 Å². The molecular weight excluding hydrogens is 277 g/mol. The molecular formula is C15H16FNO2S. The molecule has 0 aliphatic carbocycles. The van der Waals surface area contributed by atoms with Gasteiger partial charge in [-0.25, -0.2) is 4.39 Å². The highest BCUT2D eigenvalue weighted by molar-refractivity contribution is 7.10. The number of hydrogen-bond acceptors (Lipinski definition) is 3. The highest BCUT2D eigenvalue weighted by Crippen LogP contribution is 2.23. The zero-order chi connectivity index (χ0) is 14.5. The van der Waals surface area contributed by atoms with Gasteiger partial charge in [-0.2, -0.15) is 0 Å². The number of aliphatic hydroxyl groups excluding tert-OH is 1. The molecule has 1 amide bonds. The monoisotopic (exact) mass is 293 g/mol. The van der Waals surface area contributed by atoms with Crippen LogP contribution in [0, 0.1) is 12.7 Å². The Morgan fingerprint density at radius 3 is 2.65 bits per heavy atom. The fourth-order valence-electron chi connectivity index (χ4n) is 1.88. The van der Waals surface area contributed by atoms with Crippen molar-refractivity contribution >= 4 is 17.2 Å². The van der Waals surface area contributed by atoms with E-state index in [0.29, 0.717) is 0 Å². The van der Waals surface area contributed by atoms with Crippen LogP contribution >= 0.6 is 11.3 Å². The maximum atomic E-state index is 12.7. The van der Waals surface area contributed by atoms with Gasteiger partial charge in [0.25, 0.3) is 0 Å². The predicted molar refractivity (Wildman–Crippen MR) is 77.1 cm³/mol. The van der Waals surface area contributed by atoms with Gasteiger partial charge in [-0.05, 0) is 41.6 Å². The molecule has 0 spiro atoms. The maximum Gasteiger partial charge on any atom is 0.224 e. The van der Waals surface area contributed by atoms with E-state index < -0.39 is 6.10 Å². The Kier molecular flexibility index (Phi) is 4.87. The number of aliphatic hydroxyl groups is 1. The van der Waals surface area contributed by atoms with Crippen LogP contribution < -0.4 is 5.32 Å². The Labute approximate surface area is 121 Å². The van der Waals surface area contributed by atoms with Gasteiger partial charge in [0.15, 0.2) is 0 Å². The summed E-state index contributed by atoms with van der Waals surface area (Å²) in [4.78, 5) is 12.6. The summed E-state index contributed by atoms with van der Waals surface area (Å²) in [6.07, 6.45) is -0.511. The Bertz CT molecular complexity index is 580. The Balaban J connectivity index is 1.83. The topological polar surface area (TPSA) is 49.3 Å². The predicted octanol–water partition coefficient (Wildman–Crippen LogP) is 2.59. The van der Waals surface area contributed by atoms with Crippen molar-refractivity contribution in [3.8, 4) is 0 Å². The van der Waals surface area contributed by atoms with E-state index in [1.54, 1.807) is 12.1 Å². The van der Waals surface area contributed by atoms with Gasteiger partial charge in [0, 0.05) is 11.4 Å². The first-order chi connectivity index (χ1) is 9.56. The number of thiophene rings is 1. The summed E-state index contributed by atoms with van der Waals surface area (Å²) in [6.45, 7) is 2.11. The lowest BCUT2D eigenvalue weighted by molar-refractivity contribution is -0.120. The van der Waals surface area contributed by atoms with E-state index in [9.17, 15) is 14.3 Å². The molecule has 2 rings (SSSR count). The highest BCUT2D eigenvalue weighted by atomic mass is 32.1. The minimum absolute atomic E-state index is 0.177. The van der Waals surface area contributed by atoms with Crippen LogP contribution in [0.3, 0.4) is 0 Å². The largest absolute Gasteiger partial charge is 0.386 e. The Morgan fingerprint density at radius 1 is 1.35 bits per heavy atom. The molecule has 1 aromatic carbocycles. The molecule has 0 aliphatic rings. The second kappa shape index (κ2) is 6.63. The minimum atomic E-state index is -0.688. The third-order valence-electron chi connectivity index (χ3n) is 2.97. The average Bonchev–Trinajstić information content (AvgIpc) is 2.85. The normalized spacial score (nSPS) is 12.2. The van der Waals surface area contributed by atoms with Crippen molar-refractivity contribution in [2.45, 2.75) is 19.4 Å². The minimum Gasteiger partial charge on any atom is -0.386 e. The van der Waals surface area contributed by atoms with Crippen LogP contribution in [0.1, 0.15) is 22.1 Å². The molecule has 0 saturated carbocycles. The first-order valence-corrected chi connectivity index (χ1v) is 7.17. The summed E-state index contributed by atoms with van der Waals surface area (Å²) >= 11 is 1.47. The molecule has 1 unspecified atom stereocenters. The number of carbonyl (C=O) groups excluding carboxylic acids is 1. The number of carbonyl (C=O) groups is 1. The number of rotatable bonds is 5. The molecule has 0 fully saturated rings. The summed E-state index contributed by atoms with van der Waals surface area (Å²) in [5.41, 5.74) is 1.76. The highest BCUT2D eigenvalue weighted by Gasteiger charge is 2.13. The van der Waals surface area contributed by atoms with Gasteiger partial charge in [0.05, 0.1) is 6.42 Å². The first kappa shape index (κ1) is 14.7. The standard InChI is InChI=1S/C15H16FNO2S/c1-10-6-7-20-15(10)13(18)9-17-14(19)8-11-2-4-12(16)5-3-11/h2-7,13,18H,8-9H2,1H3,(H,17,19). The Morgan fingerprint density at radius 2 is 2.05 bits per heavy atom. The lowest BCUT2D eigenvalue weighted by atomic mass is 10.1. The van der Waals surface area contributed by atoms with Crippen molar-refractivity contribution in [1.29, 1.82) is 0 Å². The number of amides is 1. The van der Waals surface area contributed by atoms with E-state index in [1.807, 2.05) is 18.4 Å². The molecule has 1 heterocycles. The number of benzene rings is 1. The molecule has 0 saturated heterocycles. The molecule has 2 N–H and O–H groups in total. The number of nitrogens with one attached hydrogen (secondary N) is 1. The second-order valence-electron chi connectivity index (χ2n) is 4.59. The number of hydrogen-bond donors (Lipinski definition) is 2. The van der Waals surface area contributed by atoms with Gasteiger partial charge in [0.1, 0.15) is 11.9 Å². The molecule has 1 aromatic heterocycles. The van der Waals surface area contributed by atoms with E-state index >= 15 is 0 Å². The van der Waals surface area contributed by atoms with Crippen LogP contribution in [0.4, 0.5) is 4.39 Å². The summed E-state index contributed by atoms with van der Waals surface area (Å²) in [5.74, 6) is -0.511. The molecule has 5 heteroatoms. The summed E-state index contributed by atoms with van der Waals surface area (Å²) in [5, 5.41) is 14.6. The van der Waals surface area contributed by atoms with Crippen molar-refractivity contribution in [3.63, 3.8) is 0 Å². The van der Waals surface area contributed by atoms with Gasteiger partial charge >= 0.3 is 0 Å². The van der Waals surface area contributed by atoms with Crippen LogP contribution in [0.5, 0.6) is 0 Å². The van der Waals surface area contributed by atoms with Crippen LogP contribution in [-0.4, -0.2) is 17.6 Å². The van der Waals surface area contributed by atoms with Crippen LogP contribution in [0.15, 0.2) is 35.7 Å². The second-order valence-corrected chi connectivity index (χ2v) is 5.54. The molecule has 0 aliphatic heterocycles. The molecule has 3 nitrogen and oxygen atoms in total. The summed E-state index contributed by atoms with van der Waals surface area (Å²) in [7, 11) is 0. The van der Waals surface area contributed by atoms with Crippen molar-refractivity contribution in [3.05, 3.63) is 57.5 Å². The van der Waals surface area contributed by atoms with Crippen molar-refractivity contribution in [1.82, 2.24) is 5.32 Å². The molecule has 1 atom stereocenters. The first-order valence-electron chi connectivity index (χ1n) is 6.29. The van der Waals surface area contributed by atoms with E-state index in [2.05, 4.69) is 5.32 Å². The molecule has 2 aromatic rings. The Hall–Kier alpha value is -1.72. The van der Waals surface area contributed by atoms with Gasteiger partial charge in [-0.1, -0.05) is 12.1 Å². The van der Waals surface area contributed by atoms with Gasteiger partial charge in [0.2, 0.25) is 5.91 Å². The lowest BCUT2D eigenvalue weighted by Gasteiger charge is -2.11. The van der Waals surface area contributed by atoms with Crippen LogP contribution in [0.25, 0.3) is 0 Å². The third-order valence-corrected chi connectivity index (χ3v) is 4.10. The molecule has 20 heavy (non-hydrogen) atoms. The van der Waals surface area contributed by atoms with Crippen molar-refractivity contribution in [2.24, 2.45) is 0 Å².